The number of nitrogens with zero attached hydrogens (tertiary/aromatic N) is 5. The van der Waals surface area contributed by atoms with E-state index >= 15 is 0 Å². The van der Waals surface area contributed by atoms with Gasteiger partial charge in [0.25, 0.3) is 11.9 Å². The van der Waals surface area contributed by atoms with Crippen LogP contribution in [0.3, 0.4) is 0 Å². The van der Waals surface area contributed by atoms with Crippen molar-refractivity contribution in [1.82, 2.24) is 19.7 Å². The van der Waals surface area contributed by atoms with Crippen molar-refractivity contribution in [3.05, 3.63) is 54.0 Å². The van der Waals surface area contributed by atoms with Gasteiger partial charge in [-0.15, -0.1) is 0 Å². The van der Waals surface area contributed by atoms with E-state index in [4.69, 9.17) is 4.74 Å². The maximum Gasteiger partial charge on any atom is 0.278 e. The fraction of sp³-hybridized carbons (Fsp3) is 0.300. The van der Waals surface area contributed by atoms with Crippen molar-refractivity contribution >= 4 is 11.7 Å². The number of amides is 1. The molecule has 1 amide bonds. The van der Waals surface area contributed by atoms with E-state index in [-0.39, 0.29) is 23.5 Å². The Bertz CT molecular complexity index is 1050. The summed E-state index contributed by atoms with van der Waals surface area (Å²) in [6.45, 7) is 6.31. The van der Waals surface area contributed by atoms with E-state index in [1.165, 1.54) is 11.0 Å². The zero-order chi connectivity index (χ0) is 19.8. The number of anilines is 1. The third-order valence-corrected chi connectivity index (χ3v) is 4.69. The highest BCUT2D eigenvalue weighted by atomic mass is 19.1. The minimum atomic E-state index is -0.733. The summed E-state index contributed by atoms with van der Waals surface area (Å²) in [6.07, 6.45) is 3.39. The largest absolute Gasteiger partial charge is 0.489 e. The Morgan fingerprint density at radius 3 is 2.86 bits per heavy atom. The van der Waals surface area contributed by atoms with Gasteiger partial charge in [0.15, 0.2) is 5.75 Å². The van der Waals surface area contributed by atoms with Gasteiger partial charge in [0.1, 0.15) is 11.5 Å². The average Bonchev–Trinajstić information content (AvgIpc) is 3.12. The molecule has 0 aromatic carbocycles. The molecule has 3 aromatic rings. The van der Waals surface area contributed by atoms with Crippen LogP contribution in [0.25, 0.3) is 11.1 Å². The Hall–Kier alpha value is -3.29. The molecule has 0 saturated carbocycles. The first-order valence-corrected chi connectivity index (χ1v) is 9.11. The number of rotatable bonds is 4. The molecule has 0 unspecified atom stereocenters. The van der Waals surface area contributed by atoms with Crippen LogP contribution < -0.4 is 9.64 Å². The van der Waals surface area contributed by atoms with Gasteiger partial charge in [-0.3, -0.25) is 19.4 Å². The SMILES string of the molecule is CCOc1ccc(N2C[C@H](C)n3ncc(-c4ccnc(C)c4)c3C2=O)nc1F. The number of fused-ring (bicyclic) bond motifs is 1. The van der Waals surface area contributed by atoms with Gasteiger partial charge in [-0.2, -0.15) is 14.5 Å². The fourth-order valence-electron chi connectivity index (χ4n) is 3.41. The number of ether oxygens (including phenoxy) is 1. The van der Waals surface area contributed by atoms with Crippen LogP contribution in [-0.4, -0.2) is 38.8 Å². The van der Waals surface area contributed by atoms with Gasteiger partial charge in [-0.25, -0.2) is 0 Å². The number of aromatic nitrogens is 4. The number of halogens is 1. The molecule has 1 aliphatic rings. The van der Waals surface area contributed by atoms with Crippen LogP contribution in [0.15, 0.2) is 36.7 Å². The second kappa shape index (κ2) is 7.03. The van der Waals surface area contributed by atoms with E-state index < -0.39 is 5.95 Å². The zero-order valence-corrected chi connectivity index (χ0v) is 15.9. The molecule has 8 heteroatoms. The molecule has 1 atom stereocenters. The molecule has 0 spiro atoms. The maximum atomic E-state index is 14.2. The molecule has 0 fully saturated rings. The van der Waals surface area contributed by atoms with Crippen LogP contribution in [-0.2, 0) is 0 Å². The first-order valence-electron chi connectivity index (χ1n) is 9.11. The molecule has 4 rings (SSSR count). The second-order valence-corrected chi connectivity index (χ2v) is 6.69. The van der Waals surface area contributed by atoms with E-state index in [2.05, 4.69) is 15.1 Å². The Balaban J connectivity index is 1.76. The molecule has 7 nitrogen and oxygen atoms in total. The van der Waals surface area contributed by atoms with Crippen LogP contribution >= 0.6 is 0 Å². The summed E-state index contributed by atoms with van der Waals surface area (Å²) >= 11 is 0. The molecule has 0 radical (unpaired) electrons. The minimum absolute atomic E-state index is 0.0711. The van der Waals surface area contributed by atoms with Crippen LogP contribution in [0.4, 0.5) is 10.2 Å². The molecule has 144 valence electrons. The Morgan fingerprint density at radius 2 is 2.14 bits per heavy atom. The van der Waals surface area contributed by atoms with Gasteiger partial charge < -0.3 is 4.74 Å². The highest BCUT2D eigenvalue weighted by Gasteiger charge is 2.34. The smallest absolute Gasteiger partial charge is 0.278 e. The summed E-state index contributed by atoms with van der Waals surface area (Å²) in [6, 6.07) is 6.76. The highest BCUT2D eigenvalue weighted by molar-refractivity contribution is 6.09. The Labute approximate surface area is 161 Å². The molecule has 0 aliphatic carbocycles. The molecular formula is C20H20FN5O2. The molecule has 3 aromatic heterocycles. The number of aryl methyl sites for hydroxylation is 1. The van der Waals surface area contributed by atoms with Crippen LogP contribution in [0.5, 0.6) is 5.75 Å². The molecular weight excluding hydrogens is 361 g/mol. The Kier molecular flexibility index (Phi) is 4.54. The van der Waals surface area contributed by atoms with Gasteiger partial charge in [0, 0.05) is 24.0 Å². The number of hydrogen-bond donors (Lipinski definition) is 0. The predicted octanol–water partition coefficient (Wildman–Crippen LogP) is 3.41. The first-order chi connectivity index (χ1) is 13.5. The van der Waals surface area contributed by atoms with Crippen LogP contribution in [0, 0.1) is 12.9 Å². The van der Waals surface area contributed by atoms with Crippen LogP contribution in [0.2, 0.25) is 0 Å². The monoisotopic (exact) mass is 381 g/mol. The van der Waals surface area contributed by atoms with Gasteiger partial charge in [0.05, 0.1) is 18.8 Å². The van der Waals surface area contributed by atoms with Crippen molar-refractivity contribution < 1.29 is 13.9 Å². The highest BCUT2D eigenvalue weighted by Crippen LogP contribution is 2.32. The number of carbonyl (C=O) groups is 1. The fourth-order valence-corrected chi connectivity index (χ4v) is 3.41. The predicted molar refractivity (Wildman–Crippen MR) is 102 cm³/mol. The van der Waals surface area contributed by atoms with E-state index in [1.54, 1.807) is 30.1 Å². The van der Waals surface area contributed by atoms with Crippen molar-refractivity contribution in [1.29, 1.82) is 0 Å². The third-order valence-electron chi connectivity index (χ3n) is 4.69. The normalized spacial score (nSPS) is 16.2. The standard InChI is InChI=1S/C20H20FN5O2/c1-4-28-16-5-6-17(24-19(16)21)25-11-13(3)26-18(20(25)27)15(10-23-26)14-7-8-22-12(2)9-14/h5-10,13H,4,11H2,1-3H3/t13-/m0/s1. The quantitative estimate of drug-likeness (QED) is 0.648. The van der Waals surface area contributed by atoms with Gasteiger partial charge in [0.2, 0.25) is 0 Å². The van der Waals surface area contributed by atoms with Crippen molar-refractivity contribution in [3.63, 3.8) is 0 Å². The molecule has 1 aliphatic heterocycles. The lowest BCUT2D eigenvalue weighted by Gasteiger charge is -2.31. The van der Waals surface area contributed by atoms with E-state index in [0.29, 0.717) is 18.8 Å². The third kappa shape index (κ3) is 3.00. The summed E-state index contributed by atoms with van der Waals surface area (Å²) in [5.41, 5.74) is 2.89. The van der Waals surface area contributed by atoms with Crippen molar-refractivity contribution in [2.24, 2.45) is 0 Å². The number of carbonyl (C=O) groups excluding carboxylic acids is 1. The van der Waals surface area contributed by atoms with Gasteiger partial charge in [-0.05, 0) is 50.6 Å². The van der Waals surface area contributed by atoms with Crippen molar-refractivity contribution in [2.75, 3.05) is 18.1 Å². The second-order valence-electron chi connectivity index (χ2n) is 6.69. The van der Waals surface area contributed by atoms with Gasteiger partial charge >= 0.3 is 0 Å². The van der Waals surface area contributed by atoms with Crippen molar-refractivity contribution in [2.45, 2.75) is 26.8 Å². The molecule has 0 saturated heterocycles. The average molecular weight is 381 g/mol. The topological polar surface area (TPSA) is 73.1 Å². The van der Waals surface area contributed by atoms with E-state index in [1.807, 2.05) is 26.0 Å². The van der Waals surface area contributed by atoms with Crippen LogP contribution in [0.1, 0.15) is 36.1 Å². The summed E-state index contributed by atoms with van der Waals surface area (Å²) in [7, 11) is 0. The summed E-state index contributed by atoms with van der Waals surface area (Å²) in [5, 5.41) is 4.41. The van der Waals surface area contributed by atoms with E-state index in [0.717, 1.165) is 16.8 Å². The maximum absolute atomic E-state index is 14.2. The number of pyridine rings is 2. The molecule has 4 heterocycles. The molecule has 0 N–H and O–H groups in total. The lowest BCUT2D eigenvalue weighted by Crippen LogP contribution is -2.43. The Morgan fingerprint density at radius 1 is 1.32 bits per heavy atom. The minimum Gasteiger partial charge on any atom is -0.489 e. The lowest BCUT2D eigenvalue weighted by atomic mass is 10.0. The van der Waals surface area contributed by atoms with Crippen molar-refractivity contribution in [3.8, 4) is 16.9 Å². The summed E-state index contributed by atoms with van der Waals surface area (Å²) in [5.74, 6) is -0.677. The molecule has 0 bridgehead atoms. The first kappa shape index (κ1) is 18.1. The summed E-state index contributed by atoms with van der Waals surface area (Å²) in [4.78, 5) is 22.9. The zero-order valence-electron chi connectivity index (χ0n) is 15.9. The lowest BCUT2D eigenvalue weighted by molar-refractivity contribution is 0.0953. The molecule has 28 heavy (non-hydrogen) atoms. The number of hydrogen-bond acceptors (Lipinski definition) is 5. The summed E-state index contributed by atoms with van der Waals surface area (Å²) < 4.78 is 21.2. The van der Waals surface area contributed by atoms with E-state index in [9.17, 15) is 9.18 Å². The van der Waals surface area contributed by atoms with Gasteiger partial charge in [-0.1, -0.05) is 0 Å².